The molecule has 1 saturated carbocycles. The molecule has 2 aromatic heterocycles. The first kappa shape index (κ1) is 15.6. The number of fused-ring (bicyclic) bond motifs is 1. The molecule has 3 atom stereocenters. The maximum Gasteiger partial charge on any atom is 0.228 e. The standard InChI is InChI=1S/C16H18ClN3OS2/c17-14-4-3-13(23-14)16-19-10(8-22-16)5-15(21)20-6-9-1-2-12(18)11(9)7-20/h3-4,8-9,11-12H,1-2,5-7,18H2. The number of carbonyl (C=O) groups is 1. The van der Waals surface area contributed by atoms with Gasteiger partial charge in [0.25, 0.3) is 0 Å². The molecule has 1 amide bonds. The Bertz CT molecular complexity index is 728. The summed E-state index contributed by atoms with van der Waals surface area (Å²) in [7, 11) is 0. The van der Waals surface area contributed by atoms with Crippen LogP contribution in [-0.4, -0.2) is 34.9 Å². The predicted molar refractivity (Wildman–Crippen MR) is 94.9 cm³/mol. The summed E-state index contributed by atoms with van der Waals surface area (Å²) in [5.41, 5.74) is 6.99. The Balaban J connectivity index is 1.41. The van der Waals surface area contributed by atoms with Crippen molar-refractivity contribution in [3.8, 4) is 9.88 Å². The number of hydrogen-bond donors (Lipinski definition) is 1. The number of rotatable bonds is 3. The maximum atomic E-state index is 12.5. The number of nitrogens with zero attached hydrogens (tertiary/aromatic N) is 2. The summed E-state index contributed by atoms with van der Waals surface area (Å²) in [5, 5.41) is 2.91. The molecule has 1 aliphatic carbocycles. The molecule has 2 N–H and O–H groups in total. The Morgan fingerprint density at radius 1 is 1.39 bits per heavy atom. The molecule has 1 aliphatic heterocycles. The second-order valence-electron chi connectivity index (χ2n) is 6.39. The van der Waals surface area contributed by atoms with E-state index in [1.807, 2.05) is 22.4 Å². The number of likely N-dealkylation sites (tertiary alicyclic amines) is 1. The van der Waals surface area contributed by atoms with Crippen molar-refractivity contribution < 1.29 is 4.79 Å². The molecule has 2 aliphatic rings. The van der Waals surface area contributed by atoms with Crippen LogP contribution in [-0.2, 0) is 11.2 Å². The summed E-state index contributed by atoms with van der Waals surface area (Å²) in [6.45, 7) is 1.69. The summed E-state index contributed by atoms with van der Waals surface area (Å²) >= 11 is 9.05. The van der Waals surface area contributed by atoms with Crippen molar-refractivity contribution in [1.29, 1.82) is 0 Å². The van der Waals surface area contributed by atoms with Crippen LogP contribution in [0.4, 0.5) is 0 Å². The Hall–Kier alpha value is -0.950. The molecule has 0 radical (unpaired) electrons. The van der Waals surface area contributed by atoms with Crippen LogP contribution in [0.3, 0.4) is 0 Å². The largest absolute Gasteiger partial charge is 0.342 e. The minimum Gasteiger partial charge on any atom is -0.342 e. The SMILES string of the molecule is NC1CCC2CN(C(=O)Cc3csc(-c4ccc(Cl)s4)n3)CC12. The van der Waals surface area contributed by atoms with Crippen molar-refractivity contribution in [2.75, 3.05) is 13.1 Å². The number of thiophene rings is 1. The smallest absolute Gasteiger partial charge is 0.228 e. The Morgan fingerprint density at radius 2 is 2.26 bits per heavy atom. The minimum absolute atomic E-state index is 0.174. The van der Waals surface area contributed by atoms with E-state index in [-0.39, 0.29) is 11.9 Å². The highest BCUT2D eigenvalue weighted by Crippen LogP contribution is 2.37. The fraction of sp³-hybridized carbons (Fsp3) is 0.500. The topological polar surface area (TPSA) is 59.2 Å². The second kappa shape index (κ2) is 6.16. The molecule has 23 heavy (non-hydrogen) atoms. The van der Waals surface area contributed by atoms with Gasteiger partial charge in [-0.1, -0.05) is 11.6 Å². The zero-order valence-electron chi connectivity index (χ0n) is 12.6. The van der Waals surface area contributed by atoms with Crippen molar-refractivity contribution in [2.45, 2.75) is 25.3 Å². The van der Waals surface area contributed by atoms with Gasteiger partial charge in [0.1, 0.15) is 5.01 Å². The first-order valence-corrected chi connectivity index (χ1v) is 9.91. The van der Waals surface area contributed by atoms with Gasteiger partial charge in [-0.15, -0.1) is 22.7 Å². The average Bonchev–Trinajstić information content (AvgIpc) is 3.25. The predicted octanol–water partition coefficient (Wildman–Crippen LogP) is 3.26. The van der Waals surface area contributed by atoms with E-state index in [1.54, 1.807) is 11.3 Å². The molecule has 7 heteroatoms. The molecule has 4 nitrogen and oxygen atoms in total. The number of nitrogens with two attached hydrogens (primary N) is 1. The van der Waals surface area contributed by atoms with E-state index in [0.29, 0.717) is 18.3 Å². The molecule has 2 aromatic rings. The van der Waals surface area contributed by atoms with Crippen molar-refractivity contribution in [3.63, 3.8) is 0 Å². The Labute approximate surface area is 148 Å². The third-order valence-corrected chi connectivity index (χ3v) is 7.22. The number of aromatic nitrogens is 1. The lowest BCUT2D eigenvalue weighted by Gasteiger charge is -2.18. The van der Waals surface area contributed by atoms with Crippen LogP contribution in [0.2, 0.25) is 4.34 Å². The Morgan fingerprint density at radius 3 is 3.00 bits per heavy atom. The maximum absolute atomic E-state index is 12.5. The van der Waals surface area contributed by atoms with E-state index in [9.17, 15) is 4.79 Å². The highest BCUT2D eigenvalue weighted by atomic mass is 35.5. The second-order valence-corrected chi connectivity index (χ2v) is 8.96. The van der Waals surface area contributed by atoms with Crippen LogP contribution in [0.1, 0.15) is 18.5 Å². The van der Waals surface area contributed by atoms with E-state index in [2.05, 4.69) is 4.98 Å². The van der Waals surface area contributed by atoms with Gasteiger partial charge >= 0.3 is 0 Å². The molecular formula is C16H18ClN3OS2. The van der Waals surface area contributed by atoms with Crippen molar-refractivity contribution in [2.24, 2.45) is 17.6 Å². The van der Waals surface area contributed by atoms with Gasteiger partial charge in [0.15, 0.2) is 0 Å². The van der Waals surface area contributed by atoms with Gasteiger partial charge in [-0.3, -0.25) is 4.79 Å². The van der Waals surface area contributed by atoms with Crippen LogP contribution in [0.15, 0.2) is 17.5 Å². The van der Waals surface area contributed by atoms with E-state index >= 15 is 0 Å². The van der Waals surface area contributed by atoms with Crippen molar-refractivity contribution >= 4 is 40.2 Å². The fourth-order valence-electron chi connectivity index (χ4n) is 3.71. The molecule has 122 valence electrons. The number of amides is 1. The summed E-state index contributed by atoms with van der Waals surface area (Å²) in [5.74, 6) is 1.28. The highest BCUT2D eigenvalue weighted by molar-refractivity contribution is 7.23. The van der Waals surface area contributed by atoms with Gasteiger partial charge in [-0.25, -0.2) is 4.98 Å². The quantitative estimate of drug-likeness (QED) is 0.905. The van der Waals surface area contributed by atoms with Crippen molar-refractivity contribution in [3.05, 3.63) is 27.5 Å². The third kappa shape index (κ3) is 3.05. The number of carbonyl (C=O) groups excluding carboxylic acids is 1. The minimum atomic E-state index is 0.174. The van der Waals surface area contributed by atoms with Gasteiger partial charge in [-0.2, -0.15) is 0 Å². The molecule has 0 aromatic carbocycles. The monoisotopic (exact) mass is 367 g/mol. The number of halogens is 1. The lowest BCUT2D eigenvalue weighted by atomic mass is 9.98. The summed E-state index contributed by atoms with van der Waals surface area (Å²) in [4.78, 5) is 20.2. The molecule has 2 fully saturated rings. The van der Waals surface area contributed by atoms with Gasteiger partial charge in [-0.05, 0) is 36.8 Å². The lowest BCUT2D eigenvalue weighted by molar-refractivity contribution is -0.129. The molecule has 3 unspecified atom stereocenters. The van der Waals surface area contributed by atoms with E-state index in [0.717, 1.165) is 45.8 Å². The zero-order valence-corrected chi connectivity index (χ0v) is 15.0. The molecule has 4 rings (SSSR count). The Kier molecular flexibility index (Phi) is 4.17. The first-order chi connectivity index (χ1) is 11.1. The highest BCUT2D eigenvalue weighted by Gasteiger charge is 2.42. The van der Waals surface area contributed by atoms with Gasteiger partial charge in [0.2, 0.25) is 5.91 Å². The average molecular weight is 368 g/mol. The van der Waals surface area contributed by atoms with E-state index < -0.39 is 0 Å². The van der Waals surface area contributed by atoms with Crippen LogP contribution < -0.4 is 5.73 Å². The van der Waals surface area contributed by atoms with E-state index in [1.165, 1.54) is 11.3 Å². The zero-order chi connectivity index (χ0) is 16.0. The number of thiazole rings is 1. The molecule has 3 heterocycles. The van der Waals surface area contributed by atoms with E-state index in [4.69, 9.17) is 17.3 Å². The van der Waals surface area contributed by atoms with Crippen LogP contribution in [0.25, 0.3) is 9.88 Å². The van der Waals surface area contributed by atoms with Gasteiger partial charge in [0.05, 0.1) is 21.3 Å². The fourth-order valence-corrected chi connectivity index (χ4v) is 5.64. The molecular weight excluding hydrogens is 350 g/mol. The molecule has 1 saturated heterocycles. The van der Waals surface area contributed by atoms with Crippen LogP contribution >= 0.6 is 34.3 Å². The first-order valence-electron chi connectivity index (χ1n) is 7.83. The normalized spacial score (nSPS) is 26.7. The van der Waals surface area contributed by atoms with Crippen LogP contribution in [0.5, 0.6) is 0 Å². The molecule has 0 spiro atoms. The third-order valence-electron chi connectivity index (χ3n) is 4.93. The summed E-state index contributed by atoms with van der Waals surface area (Å²) in [6, 6.07) is 4.12. The van der Waals surface area contributed by atoms with Gasteiger partial charge in [0, 0.05) is 24.5 Å². The number of hydrogen-bond acceptors (Lipinski definition) is 5. The summed E-state index contributed by atoms with van der Waals surface area (Å²) in [6.07, 6.45) is 2.65. The molecule has 0 bridgehead atoms. The summed E-state index contributed by atoms with van der Waals surface area (Å²) < 4.78 is 0.757. The van der Waals surface area contributed by atoms with Crippen LogP contribution in [0, 0.1) is 11.8 Å². The van der Waals surface area contributed by atoms with Crippen molar-refractivity contribution in [1.82, 2.24) is 9.88 Å². The van der Waals surface area contributed by atoms with Gasteiger partial charge < -0.3 is 10.6 Å². The lowest BCUT2D eigenvalue weighted by Crippen LogP contribution is -2.34.